The van der Waals surface area contributed by atoms with Crippen molar-refractivity contribution >= 4 is 27.6 Å². The lowest BCUT2D eigenvalue weighted by Gasteiger charge is -2.09. The highest BCUT2D eigenvalue weighted by molar-refractivity contribution is 8.77. The lowest BCUT2D eigenvalue weighted by Crippen LogP contribution is -2.04. The molecule has 0 bridgehead atoms. The fraction of sp³-hybridized carbons (Fsp3) is 0.750. The summed E-state index contributed by atoms with van der Waals surface area (Å²) in [6, 6.07) is 0. The molecule has 5 heteroatoms. The maximum atomic E-state index is 10.5. The second kappa shape index (κ2) is 8.75. The number of rotatable bonds is 8. The molecule has 0 N–H and O–H groups in total. The predicted octanol–water partition coefficient (Wildman–Crippen LogP) is 3.75. The first-order valence-corrected chi connectivity index (χ1v) is 8.29. The molecule has 0 amide bonds. The van der Waals surface area contributed by atoms with Crippen molar-refractivity contribution in [2.45, 2.75) is 44.3 Å². The molecule has 3 nitrogen and oxygen atoms in total. The summed E-state index contributed by atoms with van der Waals surface area (Å²) < 4.78 is 9.85. The van der Waals surface area contributed by atoms with Crippen molar-refractivity contribution < 1.29 is 14.3 Å². The minimum atomic E-state index is -0.325. The van der Waals surface area contributed by atoms with Gasteiger partial charge in [-0.3, -0.25) is 4.79 Å². The fourth-order valence-electron chi connectivity index (χ4n) is 1.53. The Morgan fingerprint density at radius 2 is 2.24 bits per heavy atom. The summed E-state index contributed by atoms with van der Waals surface area (Å²) in [7, 11) is 4.01. The summed E-state index contributed by atoms with van der Waals surface area (Å²) in [5.41, 5.74) is 0. The van der Waals surface area contributed by atoms with Gasteiger partial charge in [0.05, 0.1) is 5.76 Å². The maximum absolute atomic E-state index is 10.5. The van der Waals surface area contributed by atoms with Crippen LogP contribution in [0.1, 0.15) is 39.0 Å². The summed E-state index contributed by atoms with van der Waals surface area (Å²) in [4.78, 5) is 10.5. The topological polar surface area (TPSA) is 35.5 Å². The molecule has 1 aliphatic heterocycles. The molecule has 1 fully saturated rings. The smallest absolute Gasteiger partial charge is 0.305 e. The summed E-state index contributed by atoms with van der Waals surface area (Å²) in [6.07, 6.45) is 5.80. The van der Waals surface area contributed by atoms with E-state index < -0.39 is 0 Å². The van der Waals surface area contributed by atoms with Gasteiger partial charge >= 0.3 is 5.97 Å². The molecular formula is C12H20O3S2. The van der Waals surface area contributed by atoms with Crippen LogP contribution in [0.3, 0.4) is 0 Å². The van der Waals surface area contributed by atoms with Crippen LogP contribution in [-0.4, -0.2) is 23.8 Å². The normalized spacial score (nSPS) is 19.0. The molecule has 1 saturated heterocycles. The lowest BCUT2D eigenvalue weighted by molar-refractivity contribution is -0.150. The Bertz CT molecular complexity index is 250. The molecule has 0 aromatic heterocycles. The van der Waals surface area contributed by atoms with E-state index in [-0.39, 0.29) is 12.8 Å². The molecule has 0 aromatic carbocycles. The third-order valence-corrected chi connectivity index (χ3v) is 5.49. The van der Waals surface area contributed by atoms with E-state index in [2.05, 4.69) is 11.3 Å². The SMILES string of the molecule is C=C(CCCCC1CCSS1)OCOC(C)=O. The Kier molecular flexibility index (Phi) is 7.60. The van der Waals surface area contributed by atoms with Gasteiger partial charge in [-0.05, 0) is 19.3 Å². The van der Waals surface area contributed by atoms with Gasteiger partial charge in [-0.1, -0.05) is 34.6 Å². The standard InChI is InChI=1S/C12H20O3S2/c1-10(14-9-15-11(2)13)5-3-4-6-12-7-8-16-17-12/h12H,1,3-9H2,2H3. The van der Waals surface area contributed by atoms with Gasteiger partial charge in [0.15, 0.2) is 0 Å². The highest BCUT2D eigenvalue weighted by Crippen LogP contribution is 2.39. The quantitative estimate of drug-likeness (QED) is 0.222. The van der Waals surface area contributed by atoms with E-state index >= 15 is 0 Å². The van der Waals surface area contributed by atoms with Gasteiger partial charge in [-0.15, -0.1) is 0 Å². The summed E-state index contributed by atoms with van der Waals surface area (Å²) in [5, 5.41) is 0.843. The number of hydrogen-bond acceptors (Lipinski definition) is 5. The number of allylic oxidation sites excluding steroid dienone is 1. The molecule has 1 rings (SSSR count). The predicted molar refractivity (Wildman–Crippen MR) is 73.8 cm³/mol. The van der Waals surface area contributed by atoms with E-state index in [0.717, 1.165) is 18.1 Å². The molecule has 0 saturated carbocycles. The van der Waals surface area contributed by atoms with Crippen LogP contribution in [-0.2, 0) is 14.3 Å². The van der Waals surface area contributed by atoms with Crippen LogP contribution in [0.2, 0.25) is 0 Å². The largest absolute Gasteiger partial charge is 0.462 e. The molecule has 0 aromatic rings. The fourth-order valence-corrected chi connectivity index (χ4v) is 4.55. The monoisotopic (exact) mass is 276 g/mol. The number of carbonyl (C=O) groups is 1. The van der Waals surface area contributed by atoms with Crippen LogP contribution < -0.4 is 0 Å². The third kappa shape index (κ3) is 7.60. The highest BCUT2D eigenvalue weighted by atomic mass is 33.1. The molecule has 1 unspecified atom stereocenters. The number of ether oxygens (including phenoxy) is 2. The zero-order valence-electron chi connectivity index (χ0n) is 10.3. The number of esters is 1. The zero-order valence-corrected chi connectivity index (χ0v) is 11.9. The Morgan fingerprint density at radius 1 is 1.41 bits per heavy atom. The van der Waals surface area contributed by atoms with E-state index in [9.17, 15) is 4.79 Å². The van der Waals surface area contributed by atoms with Crippen molar-refractivity contribution in [2.75, 3.05) is 12.5 Å². The number of carbonyl (C=O) groups excluding carboxylic acids is 1. The van der Waals surface area contributed by atoms with Crippen molar-refractivity contribution in [1.29, 1.82) is 0 Å². The second-order valence-electron chi connectivity index (χ2n) is 4.01. The van der Waals surface area contributed by atoms with Gasteiger partial charge in [0.1, 0.15) is 0 Å². The van der Waals surface area contributed by atoms with Gasteiger partial charge in [-0.25, -0.2) is 0 Å². The van der Waals surface area contributed by atoms with Crippen LogP contribution in [0.15, 0.2) is 12.3 Å². The molecule has 17 heavy (non-hydrogen) atoms. The average Bonchev–Trinajstić information content (AvgIpc) is 2.76. The summed E-state index contributed by atoms with van der Waals surface area (Å²) >= 11 is 0. The molecule has 0 radical (unpaired) electrons. The van der Waals surface area contributed by atoms with Gasteiger partial charge < -0.3 is 9.47 Å². The summed E-state index contributed by atoms with van der Waals surface area (Å²) in [6.45, 7) is 5.15. The third-order valence-electron chi connectivity index (χ3n) is 2.48. The Hall–Kier alpha value is -0.290. The molecule has 0 aliphatic carbocycles. The van der Waals surface area contributed by atoms with Crippen LogP contribution >= 0.6 is 21.6 Å². The van der Waals surface area contributed by atoms with Gasteiger partial charge in [0, 0.05) is 24.3 Å². The van der Waals surface area contributed by atoms with Crippen molar-refractivity contribution in [1.82, 2.24) is 0 Å². The Morgan fingerprint density at radius 3 is 2.88 bits per heavy atom. The molecule has 1 aliphatic rings. The van der Waals surface area contributed by atoms with Gasteiger partial charge in [0.2, 0.25) is 6.79 Å². The minimum Gasteiger partial charge on any atom is -0.462 e. The van der Waals surface area contributed by atoms with Crippen molar-refractivity contribution in [3.63, 3.8) is 0 Å². The average molecular weight is 276 g/mol. The van der Waals surface area contributed by atoms with E-state index in [1.54, 1.807) is 0 Å². The molecule has 1 atom stereocenters. The number of unbranched alkanes of at least 4 members (excludes halogenated alkanes) is 1. The Balaban J connectivity index is 1.90. The molecule has 98 valence electrons. The maximum Gasteiger partial charge on any atom is 0.305 e. The number of hydrogen-bond donors (Lipinski definition) is 0. The van der Waals surface area contributed by atoms with E-state index in [1.165, 1.54) is 31.9 Å². The second-order valence-corrected chi connectivity index (χ2v) is 6.80. The van der Waals surface area contributed by atoms with Crippen LogP contribution in [0.4, 0.5) is 0 Å². The zero-order chi connectivity index (χ0) is 12.5. The van der Waals surface area contributed by atoms with E-state index in [1.807, 2.05) is 21.6 Å². The van der Waals surface area contributed by atoms with Crippen molar-refractivity contribution in [3.8, 4) is 0 Å². The molecular weight excluding hydrogens is 256 g/mol. The van der Waals surface area contributed by atoms with Crippen molar-refractivity contribution in [3.05, 3.63) is 12.3 Å². The first-order chi connectivity index (χ1) is 8.18. The summed E-state index contributed by atoms with van der Waals surface area (Å²) in [5.74, 6) is 1.68. The van der Waals surface area contributed by atoms with Crippen molar-refractivity contribution in [2.24, 2.45) is 0 Å². The van der Waals surface area contributed by atoms with Crippen LogP contribution in [0.5, 0.6) is 0 Å². The molecule has 1 heterocycles. The molecule has 0 spiro atoms. The van der Waals surface area contributed by atoms with E-state index in [0.29, 0.717) is 5.76 Å². The highest BCUT2D eigenvalue weighted by Gasteiger charge is 2.15. The minimum absolute atomic E-state index is 0.0106. The Labute approximate surface area is 111 Å². The van der Waals surface area contributed by atoms with Gasteiger partial charge in [0.25, 0.3) is 0 Å². The van der Waals surface area contributed by atoms with Crippen LogP contribution in [0, 0.1) is 0 Å². The lowest BCUT2D eigenvalue weighted by atomic mass is 10.1. The first kappa shape index (κ1) is 14.8. The van der Waals surface area contributed by atoms with Gasteiger partial charge in [-0.2, -0.15) is 0 Å². The first-order valence-electron chi connectivity index (χ1n) is 5.90. The van der Waals surface area contributed by atoms with E-state index in [4.69, 9.17) is 4.74 Å². The van der Waals surface area contributed by atoms with Crippen LogP contribution in [0.25, 0.3) is 0 Å².